The Labute approximate surface area is 304 Å². The first-order chi connectivity index (χ1) is 25.0. The van der Waals surface area contributed by atoms with Gasteiger partial charge in [-0.1, -0.05) is 109 Å². The summed E-state index contributed by atoms with van der Waals surface area (Å²) in [7, 11) is 0. The molecule has 9 heteroatoms. The fourth-order valence-electron chi connectivity index (χ4n) is 6.64. The van der Waals surface area contributed by atoms with E-state index in [2.05, 4.69) is 18.2 Å². The maximum Gasteiger partial charge on any atom is 0.338 e. The third-order valence-corrected chi connectivity index (χ3v) is 10.6. The monoisotopic (exact) mass is 716 g/mol. The van der Waals surface area contributed by atoms with Crippen molar-refractivity contribution < 1.29 is 33.3 Å². The van der Waals surface area contributed by atoms with Crippen molar-refractivity contribution >= 4 is 45.0 Å². The summed E-state index contributed by atoms with van der Waals surface area (Å²) >= 11 is 8.52. The van der Waals surface area contributed by atoms with E-state index in [9.17, 15) is 9.59 Å². The molecule has 0 bridgehead atoms. The molecule has 0 aliphatic carbocycles. The number of rotatable bonds is 8. The van der Waals surface area contributed by atoms with Crippen molar-refractivity contribution in [2.45, 2.75) is 43.2 Å². The molecule has 2 aliphatic rings. The Morgan fingerprint density at radius 2 is 1.31 bits per heavy atom. The molecule has 0 spiro atoms. The molecular formula is C42H33ClO7S. The first-order valence-electron chi connectivity index (χ1n) is 16.8. The summed E-state index contributed by atoms with van der Waals surface area (Å²) in [6, 6.07) is 43.0. The summed E-state index contributed by atoms with van der Waals surface area (Å²) in [5.41, 5.74) is 3.10. The number of carbonyl (C=O) groups excluding carboxylic acids is 2. The molecule has 0 radical (unpaired) electrons. The molecule has 6 aromatic rings. The maximum atomic E-state index is 13.8. The van der Waals surface area contributed by atoms with Crippen LogP contribution in [0.15, 0.2) is 140 Å². The van der Waals surface area contributed by atoms with Crippen LogP contribution < -0.4 is 0 Å². The Morgan fingerprint density at radius 3 is 2.00 bits per heavy atom. The van der Waals surface area contributed by atoms with Crippen molar-refractivity contribution in [3.63, 3.8) is 0 Å². The lowest BCUT2D eigenvalue weighted by Crippen LogP contribution is -2.61. The second kappa shape index (κ2) is 14.8. The highest BCUT2D eigenvalue weighted by Crippen LogP contribution is 2.43. The van der Waals surface area contributed by atoms with Gasteiger partial charge in [-0.3, -0.25) is 0 Å². The summed E-state index contributed by atoms with van der Waals surface area (Å²) in [4.78, 5) is 28.7. The SMILES string of the molecule is O=C(O[C@H]1[C@@H]2OC(c3ccccc3)OC[C@H]2OC(c2ccc(Cl)c(Cc3cc4ccccc4s3)c2)[C@@H]1OC(=O)c1ccccc1)c1ccccc1. The lowest BCUT2D eigenvalue weighted by atomic mass is 9.89. The molecule has 7 nitrogen and oxygen atoms in total. The molecule has 2 saturated heterocycles. The van der Waals surface area contributed by atoms with Crippen LogP contribution in [0.25, 0.3) is 10.1 Å². The van der Waals surface area contributed by atoms with Crippen LogP contribution in [0.4, 0.5) is 0 Å². The van der Waals surface area contributed by atoms with Crippen molar-refractivity contribution in [1.82, 2.24) is 0 Å². The predicted molar refractivity (Wildman–Crippen MR) is 195 cm³/mol. The van der Waals surface area contributed by atoms with Crippen molar-refractivity contribution in [3.8, 4) is 0 Å². The van der Waals surface area contributed by atoms with Gasteiger partial charge >= 0.3 is 11.9 Å². The Morgan fingerprint density at radius 1 is 0.686 bits per heavy atom. The molecule has 3 heterocycles. The number of esters is 2. The van der Waals surface area contributed by atoms with E-state index in [0.717, 1.165) is 16.0 Å². The summed E-state index contributed by atoms with van der Waals surface area (Å²) in [5, 5.41) is 1.78. The van der Waals surface area contributed by atoms with Gasteiger partial charge in [-0.25, -0.2) is 9.59 Å². The fourth-order valence-corrected chi connectivity index (χ4v) is 7.92. The molecule has 0 N–H and O–H groups in total. The molecule has 8 rings (SSSR count). The highest BCUT2D eigenvalue weighted by atomic mass is 35.5. The fraction of sp³-hybridized carbons (Fsp3) is 0.190. The average Bonchev–Trinajstić information content (AvgIpc) is 3.60. The quantitative estimate of drug-likeness (QED) is 0.145. The third kappa shape index (κ3) is 7.19. The Kier molecular flexibility index (Phi) is 9.67. The number of ether oxygens (including phenoxy) is 5. The van der Waals surface area contributed by atoms with Crippen molar-refractivity contribution in [2.75, 3.05) is 6.61 Å². The molecule has 256 valence electrons. The lowest BCUT2D eigenvalue weighted by Gasteiger charge is -2.48. The number of fused-ring (bicyclic) bond motifs is 2. The van der Waals surface area contributed by atoms with Gasteiger partial charge in [0.15, 0.2) is 18.5 Å². The molecule has 5 aromatic carbocycles. The number of hydrogen-bond acceptors (Lipinski definition) is 8. The average molecular weight is 717 g/mol. The summed E-state index contributed by atoms with van der Waals surface area (Å²) in [6.45, 7) is 0.154. The largest absolute Gasteiger partial charge is 0.452 e. The first kappa shape index (κ1) is 33.3. The van der Waals surface area contributed by atoms with Gasteiger partial charge in [0.25, 0.3) is 0 Å². The van der Waals surface area contributed by atoms with Crippen molar-refractivity contribution in [1.29, 1.82) is 0 Å². The van der Waals surface area contributed by atoms with Gasteiger partial charge < -0.3 is 23.7 Å². The second-order valence-corrected chi connectivity index (χ2v) is 14.1. The van der Waals surface area contributed by atoms with Gasteiger partial charge in [-0.2, -0.15) is 0 Å². The van der Waals surface area contributed by atoms with Crippen LogP contribution in [-0.4, -0.2) is 43.0 Å². The molecule has 2 fully saturated rings. The number of carbonyl (C=O) groups is 2. The van der Waals surface area contributed by atoms with Gasteiger partial charge in [0, 0.05) is 26.6 Å². The number of hydrogen-bond donors (Lipinski definition) is 0. The maximum absolute atomic E-state index is 13.8. The van der Waals surface area contributed by atoms with Gasteiger partial charge in [0.1, 0.15) is 18.3 Å². The van der Waals surface area contributed by atoms with E-state index in [4.69, 9.17) is 35.3 Å². The van der Waals surface area contributed by atoms with E-state index >= 15 is 0 Å². The minimum absolute atomic E-state index is 0.154. The van der Waals surface area contributed by atoms with Gasteiger partial charge in [0.05, 0.1) is 17.7 Å². The Bertz CT molecular complexity index is 2110. The van der Waals surface area contributed by atoms with E-state index in [1.807, 2.05) is 72.8 Å². The number of benzene rings is 5. The zero-order chi connectivity index (χ0) is 34.7. The van der Waals surface area contributed by atoms with E-state index in [1.165, 1.54) is 10.1 Å². The highest BCUT2D eigenvalue weighted by Gasteiger charge is 2.54. The summed E-state index contributed by atoms with van der Waals surface area (Å²) in [5.74, 6) is -1.16. The van der Waals surface area contributed by atoms with E-state index in [-0.39, 0.29) is 6.61 Å². The molecule has 0 amide bonds. The van der Waals surface area contributed by atoms with Crippen LogP contribution in [0.3, 0.4) is 0 Å². The summed E-state index contributed by atoms with van der Waals surface area (Å²) in [6.07, 6.45) is -4.66. The molecule has 0 saturated carbocycles. The molecule has 51 heavy (non-hydrogen) atoms. The minimum atomic E-state index is -1.10. The smallest absolute Gasteiger partial charge is 0.338 e. The van der Waals surface area contributed by atoms with Crippen LogP contribution in [0, 0.1) is 0 Å². The lowest BCUT2D eigenvalue weighted by molar-refractivity contribution is -0.328. The van der Waals surface area contributed by atoms with Crippen LogP contribution in [0.1, 0.15) is 54.7 Å². The molecule has 1 aromatic heterocycles. The van der Waals surface area contributed by atoms with Gasteiger partial charge in [0.2, 0.25) is 0 Å². The third-order valence-electron chi connectivity index (χ3n) is 9.14. The van der Waals surface area contributed by atoms with Gasteiger partial charge in [-0.05, 0) is 59.0 Å². The molecule has 2 aliphatic heterocycles. The van der Waals surface area contributed by atoms with Crippen LogP contribution in [0.5, 0.6) is 0 Å². The topological polar surface area (TPSA) is 80.3 Å². The van der Waals surface area contributed by atoms with Crippen molar-refractivity contribution in [2.24, 2.45) is 0 Å². The molecular weight excluding hydrogens is 684 g/mol. The van der Waals surface area contributed by atoms with Gasteiger partial charge in [-0.15, -0.1) is 11.3 Å². The number of thiophene rings is 1. The minimum Gasteiger partial charge on any atom is -0.452 e. The second-order valence-electron chi connectivity index (χ2n) is 12.5. The Hall–Kier alpha value is -4.83. The standard InChI is InChI=1S/C42H33ClO7S/c43-33-21-20-30(22-31(33)24-32-23-29-18-10-11-19-35(29)51-32)36-38(48-40(44)26-12-4-1-5-13-26)39(49-41(45)27-14-6-2-7-15-27)37-34(47-36)25-46-42(50-37)28-16-8-3-9-17-28/h1-23,34,36-39,42H,24-25H2/t34-,36?,37-,38+,39+,42?/m1/s1. The van der Waals surface area contributed by atoms with Crippen molar-refractivity contribution in [3.05, 3.63) is 177 Å². The zero-order valence-electron chi connectivity index (χ0n) is 27.3. The normalized spacial score (nSPS) is 22.9. The van der Waals surface area contributed by atoms with Crippen LogP contribution >= 0.6 is 22.9 Å². The highest BCUT2D eigenvalue weighted by molar-refractivity contribution is 7.19. The first-order valence-corrected chi connectivity index (χ1v) is 17.9. The van der Waals surface area contributed by atoms with E-state index < -0.39 is 48.7 Å². The number of halogens is 1. The zero-order valence-corrected chi connectivity index (χ0v) is 28.9. The van der Waals surface area contributed by atoms with E-state index in [1.54, 1.807) is 59.9 Å². The molecule has 2 unspecified atom stereocenters. The Balaban J connectivity index is 1.18. The molecule has 6 atom stereocenters. The van der Waals surface area contributed by atoms with Crippen LogP contribution in [0.2, 0.25) is 5.02 Å². The summed E-state index contributed by atoms with van der Waals surface area (Å²) < 4.78 is 33.3. The van der Waals surface area contributed by atoms with E-state index in [0.29, 0.717) is 28.1 Å². The predicted octanol–water partition coefficient (Wildman–Crippen LogP) is 9.15. The van der Waals surface area contributed by atoms with Crippen LogP contribution in [-0.2, 0) is 30.1 Å².